The average Bonchev–Trinajstić information content (AvgIpc) is 2.18. The number of alkyl halides is 3. The fourth-order valence-corrected chi connectivity index (χ4v) is 2.08. The van der Waals surface area contributed by atoms with Gasteiger partial charge in [0.05, 0.1) is 5.92 Å². The Hall–Kier alpha value is -0.250. The van der Waals surface area contributed by atoms with Gasteiger partial charge in [-0.05, 0) is 19.3 Å². The van der Waals surface area contributed by atoms with Crippen molar-refractivity contribution in [1.29, 1.82) is 0 Å². The minimum Gasteiger partial charge on any atom is -0.313 e. The highest BCUT2D eigenvalue weighted by Gasteiger charge is 2.41. The van der Waals surface area contributed by atoms with Crippen molar-refractivity contribution in [3.63, 3.8) is 0 Å². The van der Waals surface area contributed by atoms with Gasteiger partial charge in [-0.15, -0.1) is 0 Å². The summed E-state index contributed by atoms with van der Waals surface area (Å²) in [5.74, 6) is -1.13. The minimum atomic E-state index is -4.01. The summed E-state index contributed by atoms with van der Waals surface area (Å²) in [6.45, 7) is 2.24. The molecular formula is C11H20F3N. The first-order valence-corrected chi connectivity index (χ1v) is 5.84. The zero-order chi connectivity index (χ0) is 11.3. The lowest BCUT2D eigenvalue weighted by molar-refractivity contribution is -0.179. The van der Waals surface area contributed by atoms with Gasteiger partial charge in [-0.25, -0.2) is 0 Å². The van der Waals surface area contributed by atoms with Crippen molar-refractivity contribution in [1.82, 2.24) is 5.32 Å². The number of unbranched alkanes of at least 4 members (excludes halogenated alkanes) is 2. The van der Waals surface area contributed by atoms with E-state index in [1.165, 1.54) is 6.42 Å². The van der Waals surface area contributed by atoms with Crippen LogP contribution in [0.5, 0.6) is 0 Å². The molecule has 1 nitrogen and oxygen atoms in total. The summed E-state index contributed by atoms with van der Waals surface area (Å²) >= 11 is 0. The highest BCUT2D eigenvalue weighted by atomic mass is 19.4. The van der Waals surface area contributed by atoms with Gasteiger partial charge in [0.25, 0.3) is 0 Å². The van der Waals surface area contributed by atoms with Crippen LogP contribution in [0.1, 0.15) is 45.4 Å². The summed E-state index contributed by atoms with van der Waals surface area (Å²) in [4.78, 5) is 0. The summed E-state index contributed by atoms with van der Waals surface area (Å²) < 4.78 is 37.0. The molecule has 0 saturated carbocycles. The highest BCUT2D eigenvalue weighted by Crippen LogP contribution is 2.32. The van der Waals surface area contributed by atoms with E-state index in [4.69, 9.17) is 0 Å². The van der Waals surface area contributed by atoms with Crippen LogP contribution in [0.2, 0.25) is 0 Å². The summed E-state index contributed by atoms with van der Waals surface area (Å²) in [5.41, 5.74) is 0. The summed E-state index contributed by atoms with van der Waals surface area (Å²) in [5, 5.41) is 3.01. The zero-order valence-corrected chi connectivity index (χ0v) is 9.24. The number of hydrogen-bond donors (Lipinski definition) is 1. The van der Waals surface area contributed by atoms with Crippen LogP contribution in [0.4, 0.5) is 13.2 Å². The molecule has 4 heteroatoms. The van der Waals surface area contributed by atoms with E-state index in [0.29, 0.717) is 18.9 Å². The predicted octanol–water partition coefficient (Wildman–Crippen LogP) is 3.50. The number of hydrogen-bond acceptors (Lipinski definition) is 1. The summed E-state index contributed by atoms with van der Waals surface area (Å²) in [6, 6.07) is 0.315. The van der Waals surface area contributed by atoms with E-state index in [-0.39, 0.29) is 6.54 Å². The lowest BCUT2D eigenvalue weighted by atomic mass is 9.92. The van der Waals surface area contributed by atoms with E-state index in [0.717, 1.165) is 19.3 Å². The fraction of sp³-hybridized carbons (Fsp3) is 1.00. The third-order valence-electron chi connectivity index (χ3n) is 3.14. The lowest BCUT2D eigenvalue weighted by Crippen LogP contribution is -2.44. The van der Waals surface area contributed by atoms with Gasteiger partial charge in [-0.3, -0.25) is 0 Å². The van der Waals surface area contributed by atoms with Crippen molar-refractivity contribution < 1.29 is 13.2 Å². The molecule has 1 saturated heterocycles. The van der Waals surface area contributed by atoms with Gasteiger partial charge in [0.2, 0.25) is 0 Å². The highest BCUT2D eigenvalue weighted by molar-refractivity contribution is 4.81. The Bertz CT molecular complexity index is 171. The molecule has 1 aliphatic rings. The van der Waals surface area contributed by atoms with Crippen LogP contribution in [0.3, 0.4) is 0 Å². The molecule has 1 heterocycles. The quantitative estimate of drug-likeness (QED) is 0.719. The fourth-order valence-electron chi connectivity index (χ4n) is 2.08. The van der Waals surface area contributed by atoms with Crippen LogP contribution < -0.4 is 5.32 Å². The standard InChI is InChI=1S/C11H20F3N/c1-2-3-4-5-10-7-6-9(8-15-10)11(12,13)14/h9-10,15H,2-8H2,1H3. The second-order valence-corrected chi connectivity index (χ2v) is 4.42. The first-order chi connectivity index (χ1) is 7.04. The van der Waals surface area contributed by atoms with E-state index >= 15 is 0 Å². The SMILES string of the molecule is CCCCCC1CCC(C(F)(F)F)CN1. The molecule has 90 valence electrons. The maximum Gasteiger partial charge on any atom is 0.393 e. The molecule has 15 heavy (non-hydrogen) atoms. The molecule has 0 bridgehead atoms. The molecule has 0 amide bonds. The first kappa shape index (κ1) is 12.8. The molecule has 0 spiro atoms. The van der Waals surface area contributed by atoms with Crippen LogP contribution in [0.15, 0.2) is 0 Å². The van der Waals surface area contributed by atoms with Crippen LogP contribution >= 0.6 is 0 Å². The molecular weight excluding hydrogens is 203 g/mol. The number of halogens is 3. The maximum absolute atomic E-state index is 12.3. The molecule has 0 aromatic heterocycles. The monoisotopic (exact) mass is 223 g/mol. The van der Waals surface area contributed by atoms with Gasteiger partial charge in [0.15, 0.2) is 0 Å². The molecule has 1 aliphatic heterocycles. The van der Waals surface area contributed by atoms with Crippen LogP contribution in [0.25, 0.3) is 0 Å². The second kappa shape index (κ2) is 5.73. The van der Waals surface area contributed by atoms with Crippen molar-refractivity contribution in [3.8, 4) is 0 Å². The van der Waals surface area contributed by atoms with Crippen molar-refractivity contribution in [2.75, 3.05) is 6.54 Å². The molecule has 1 fully saturated rings. The molecule has 0 radical (unpaired) electrons. The van der Waals surface area contributed by atoms with Gasteiger partial charge < -0.3 is 5.32 Å². The lowest BCUT2D eigenvalue weighted by Gasteiger charge is -2.31. The van der Waals surface area contributed by atoms with Crippen molar-refractivity contribution in [2.24, 2.45) is 5.92 Å². The van der Waals surface area contributed by atoms with Crippen molar-refractivity contribution in [3.05, 3.63) is 0 Å². The molecule has 2 unspecified atom stereocenters. The number of rotatable bonds is 4. The molecule has 0 aliphatic carbocycles. The molecule has 0 aromatic carbocycles. The molecule has 1 N–H and O–H groups in total. The molecule has 1 rings (SSSR count). The Morgan fingerprint density at radius 2 is 1.93 bits per heavy atom. The molecule has 0 aromatic rings. The van der Waals surface area contributed by atoms with E-state index < -0.39 is 12.1 Å². The third kappa shape index (κ3) is 4.41. The van der Waals surface area contributed by atoms with Gasteiger partial charge in [0.1, 0.15) is 0 Å². The topological polar surface area (TPSA) is 12.0 Å². The average molecular weight is 223 g/mol. The predicted molar refractivity (Wildman–Crippen MR) is 54.7 cm³/mol. The number of nitrogens with one attached hydrogen (secondary N) is 1. The molecule has 2 atom stereocenters. The smallest absolute Gasteiger partial charge is 0.313 e. The largest absolute Gasteiger partial charge is 0.393 e. The minimum absolute atomic E-state index is 0.111. The van der Waals surface area contributed by atoms with Crippen molar-refractivity contribution >= 4 is 0 Å². The maximum atomic E-state index is 12.3. The van der Waals surface area contributed by atoms with Crippen LogP contribution in [0, 0.1) is 5.92 Å². The Balaban J connectivity index is 2.18. The second-order valence-electron chi connectivity index (χ2n) is 4.42. The van der Waals surface area contributed by atoms with E-state index in [1.807, 2.05) is 0 Å². The summed E-state index contributed by atoms with van der Waals surface area (Å²) in [7, 11) is 0. The third-order valence-corrected chi connectivity index (χ3v) is 3.14. The van der Waals surface area contributed by atoms with Crippen LogP contribution in [-0.4, -0.2) is 18.8 Å². The van der Waals surface area contributed by atoms with E-state index in [9.17, 15) is 13.2 Å². The normalized spacial score (nSPS) is 28.0. The Labute approximate surface area is 89.4 Å². The van der Waals surface area contributed by atoms with Gasteiger partial charge in [-0.2, -0.15) is 13.2 Å². The van der Waals surface area contributed by atoms with Crippen LogP contribution in [-0.2, 0) is 0 Å². The Morgan fingerprint density at radius 3 is 2.40 bits per heavy atom. The zero-order valence-electron chi connectivity index (χ0n) is 9.24. The number of piperidine rings is 1. The Kier molecular flexibility index (Phi) is 4.90. The summed E-state index contributed by atoms with van der Waals surface area (Å²) in [6.07, 6.45) is 1.46. The van der Waals surface area contributed by atoms with Crippen molar-refractivity contribution in [2.45, 2.75) is 57.7 Å². The van der Waals surface area contributed by atoms with Gasteiger partial charge in [0, 0.05) is 12.6 Å². The van der Waals surface area contributed by atoms with Gasteiger partial charge in [-0.1, -0.05) is 26.2 Å². The van der Waals surface area contributed by atoms with E-state index in [1.54, 1.807) is 0 Å². The van der Waals surface area contributed by atoms with Gasteiger partial charge >= 0.3 is 6.18 Å². The van der Waals surface area contributed by atoms with E-state index in [2.05, 4.69) is 12.2 Å². The first-order valence-electron chi connectivity index (χ1n) is 5.84. The Morgan fingerprint density at radius 1 is 1.20 bits per heavy atom.